The van der Waals surface area contributed by atoms with Crippen molar-refractivity contribution >= 4 is 72.3 Å². The Hall–Kier alpha value is -5.22. The highest BCUT2D eigenvalue weighted by atomic mass is 35.5. The summed E-state index contributed by atoms with van der Waals surface area (Å²) in [5.41, 5.74) is 6.11. The molecule has 7 aromatic rings. The zero-order valence-corrected chi connectivity index (χ0v) is 28.5. The minimum absolute atomic E-state index is 0.0582. The molecule has 0 spiro atoms. The van der Waals surface area contributed by atoms with Crippen LogP contribution in [0.15, 0.2) is 126 Å². The van der Waals surface area contributed by atoms with Crippen LogP contribution in [-0.2, 0) is 16.4 Å². The van der Waals surface area contributed by atoms with Crippen LogP contribution in [0.1, 0.15) is 33.0 Å². The fraction of sp³-hybridized carbons (Fsp3) is 0.0789. The average Bonchev–Trinajstić information content (AvgIpc) is 3.74. The van der Waals surface area contributed by atoms with Crippen molar-refractivity contribution in [3.8, 4) is 5.75 Å². The van der Waals surface area contributed by atoms with Crippen LogP contribution in [0.5, 0.6) is 5.75 Å². The number of anilines is 2. The fourth-order valence-corrected chi connectivity index (χ4v) is 7.85. The maximum absolute atomic E-state index is 13.8. The Balaban J connectivity index is 1.22. The number of hydrogen-bond acceptors (Lipinski definition) is 4. The summed E-state index contributed by atoms with van der Waals surface area (Å²) in [4.78, 5) is 20.4. The highest BCUT2D eigenvalue weighted by Crippen LogP contribution is 2.38. The molecule has 0 unspecified atom stereocenters. The summed E-state index contributed by atoms with van der Waals surface area (Å²) in [6.45, 7) is 0. The van der Waals surface area contributed by atoms with Gasteiger partial charge >= 0.3 is 0 Å². The molecular formula is C38H30Cl2N4O4S. The van der Waals surface area contributed by atoms with Gasteiger partial charge in [-0.25, -0.2) is 8.42 Å². The first-order valence-corrected chi connectivity index (χ1v) is 17.6. The Morgan fingerprint density at radius 2 is 1.41 bits per heavy atom. The predicted octanol–water partition coefficient (Wildman–Crippen LogP) is 9.39. The monoisotopic (exact) mass is 708 g/mol. The quantitative estimate of drug-likeness (QED) is 0.113. The highest BCUT2D eigenvalue weighted by Gasteiger charge is 2.25. The van der Waals surface area contributed by atoms with E-state index in [4.69, 9.17) is 27.9 Å². The van der Waals surface area contributed by atoms with E-state index in [1.165, 1.54) is 37.4 Å². The van der Waals surface area contributed by atoms with Gasteiger partial charge in [-0.3, -0.25) is 9.52 Å². The first-order valence-electron chi connectivity index (χ1n) is 15.4. The number of carbonyl (C=O) groups is 1. The SMILES string of the molecule is COc1ccc(C(=O)Nc2ccccc2CC(c2c[nH]c3ccccc23)c2c[nH]c3ccccc23)cc1S(=O)(=O)Nc1cc(Cl)ccc1Cl. The minimum Gasteiger partial charge on any atom is -0.495 e. The van der Waals surface area contributed by atoms with E-state index >= 15 is 0 Å². The fourth-order valence-electron chi connectivity index (χ4n) is 6.19. The molecule has 1 amide bonds. The van der Waals surface area contributed by atoms with Gasteiger partial charge in [0.25, 0.3) is 15.9 Å². The Bertz CT molecular complexity index is 2380. The topological polar surface area (TPSA) is 116 Å². The molecule has 0 saturated heterocycles. The smallest absolute Gasteiger partial charge is 0.265 e. The molecule has 0 aliphatic rings. The predicted molar refractivity (Wildman–Crippen MR) is 197 cm³/mol. The Labute approximate surface area is 293 Å². The number of aromatic nitrogens is 2. The van der Waals surface area contributed by atoms with Crippen molar-refractivity contribution in [3.05, 3.63) is 154 Å². The molecule has 0 atom stereocenters. The van der Waals surface area contributed by atoms with Gasteiger partial charge in [0.05, 0.1) is 17.8 Å². The molecule has 7 rings (SSSR count). The molecule has 0 radical (unpaired) electrons. The maximum atomic E-state index is 13.8. The molecule has 0 bridgehead atoms. The van der Waals surface area contributed by atoms with Crippen molar-refractivity contribution in [3.63, 3.8) is 0 Å². The number of rotatable bonds is 10. The number of sulfonamides is 1. The van der Waals surface area contributed by atoms with E-state index in [0.29, 0.717) is 17.1 Å². The van der Waals surface area contributed by atoms with Crippen LogP contribution < -0.4 is 14.8 Å². The normalized spacial score (nSPS) is 11.7. The number of amides is 1. The van der Waals surface area contributed by atoms with Gasteiger partial charge in [-0.2, -0.15) is 0 Å². The molecule has 0 aliphatic carbocycles. The van der Waals surface area contributed by atoms with Crippen LogP contribution >= 0.6 is 23.2 Å². The van der Waals surface area contributed by atoms with Gasteiger partial charge in [-0.1, -0.05) is 77.8 Å². The number of aromatic amines is 2. The second kappa shape index (κ2) is 13.4. The van der Waals surface area contributed by atoms with Crippen LogP contribution in [0.25, 0.3) is 21.8 Å². The highest BCUT2D eigenvalue weighted by molar-refractivity contribution is 7.92. The molecule has 0 saturated carbocycles. The number of para-hydroxylation sites is 3. The van der Waals surface area contributed by atoms with E-state index in [0.717, 1.165) is 38.5 Å². The third-order valence-corrected chi connectivity index (χ3v) is 10.5. The third-order valence-electron chi connectivity index (χ3n) is 8.57. The number of methoxy groups -OCH3 is 1. The summed E-state index contributed by atoms with van der Waals surface area (Å²) in [7, 11) is -2.88. The molecule has 11 heteroatoms. The van der Waals surface area contributed by atoms with Crippen molar-refractivity contribution in [2.45, 2.75) is 17.2 Å². The van der Waals surface area contributed by atoms with Gasteiger partial charge in [0, 0.05) is 56.4 Å². The number of carbonyl (C=O) groups excluding carboxylic acids is 1. The lowest BCUT2D eigenvalue weighted by Crippen LogP contribution is -2.18. The molecule has 49 heavy (non-hydrogen) atoms. The number of benzene rings is 5. The largest absolute Gasteiger partial charge is 0.495 e. The van der Waals surface area contributed by atoms with Crippen LogP contribution in [-0.4, -0.2) is 31.4 Å². The molecule has 4 N–H and O–H groups in total. The second-order valence-corrected chi connectivity index (χ2v) is 14.0. The van der Waals surface area contributed by atoms with Crippen LogP contribution in [0, 0.1) is 0 Å². The summed E-state index contributed by atoms with van der Waals surface area (Å²) in [5.74, 6) is -0.488. The average molecular weight is 710 g/mol. The number of hydrogen-bond donors (Lipinski definition) is 4. The van der Waals surface area contributed by atoms with E-state index in [9.17, 15) is 13.2 Å². The molecule has 2 aromatic heterocycles. The van der Waals surface area contributed by atoms with Crippen molar-refractivity contribution in [1.82, 2.24) is 9.97 Å². The maximum Gasteiger partial charge on any atom is 0.265 e. The van der Waals surface area contributed by atoms with Crippen molar-refractivity contribution in [2.24, 2.45) is 0 Å². The van der Waals surface area contributed by atoms with Crippen molar-refractivity contribution < 1.29 is 17.9 Å². The summed E-state index contributed by atoms with van der Waals surface area (Å²) in [6, 6.07) is 32.7. The lowest BCUT2D eigenvalue weighted by Gasteiger charge is -2.20. The molecule has 8 nitrogen and oxygen atoms in total. The van der Waals surface area contributed by atoms with Gasteiger partial charge < -0.3 is 20.0 Å². The third kappa shape index (κ3) is 6.48. The zero-order valence-electron chi connectivity index (χ0n) is 26.1. The number of fused-ring (bicyclic) bond motifs is 2. The molecule has 246 valence electrons. The Morgan fingerprint density at radius 3 is 2.08 bits per heavy atom. The minimum atomic E-state index is -4.24. The summed E-state index contributed by atoms with van der Waals surface area (Å²) in [5, 5.41) is 5.74. The van der Waals surface area contributed by atoms with Gasteiger partial charge in [0.1, 0.15) is 10.6 Å². The summed E-state index contributed by atoms with van der Waals surface area (Å²) < 4.78 is 34.9. The van der Waals surface area contributed by atoms with Crippen LogP contribution in [0.4, 0.5) is 11.4 Å². The van der Waals surface area contributed by atoms with Gasteiger partial charge in [-0.05, 0) is 77.7 Å². The molecule has 0 fully saturated rings. The Kier molecular flexibility index (Phi) is 8.81. The van der Waals surface area contributed by atoms with Crippen LogP contribution in [0.3, 0.4) is 0 Å². The second-order valence-electron chi connectivity index (χ2n) is 11.5. The molecule has 5 aromatic carbocycles. The molecule has 2 heterocycles. The zero-order chi connectivity index (χ0) is 34.1. The lowest BCUT2D eigenvalue weighted by molar-refractivity contribution is 0.102. The number of ether oxygens (including phenoxy) is 1. The van der Waals surface area contributed by atoms with Crippen molar-refractivity contribution in [2.75, 3.05) is 17.1 Å². The number of H-pyrrole nitrogens is 2. The standard InChI is InChI=1S/C38H30Cl2N4O4S/c1-48-36-17-14-24(19-37(36)49(46,47)44-35-20-25(39)15-16-31(35)40)38(45)43-32-11-5-2-8-23(32)18-28(29-21-41-33-12-6-3-9-26(29)33)30-22-42-34-13-7-4-10-27(30)34/h2-17,19-22,28,41-42,44H,18H2,1H3,(H,43,45). The first kappa shape index (κ1) is 32.3. The van der Waals surface area contributed by atoms with Crippen molar-refractivity contribution in [1.29, 1.82) is 0 Å². The van der Waals surface area contributed by atoms with Gasteiger partial charge in [-0.15, -0.1) is 0 Å². The summed E-state index contributed by atoms with van der Waals surface area (Å²) in [6.07, 6.45) is 4.69. The van der Waals surface area contributed by atoms with E-state index in [1.807, 2.05) is 48.5 Å². The van der Waals surface area contributed by atoms with E-state index in [1.54, 1.807) is 6.07 Å². The van der Waals surface area contributed by atoms with E-state index < -0.39 is 15.9 Å². The summed E-state index contributed by atoms with van der Waals surface area (Å²) >= 11 is 12.3. The number of nitrogens with one attached hydrogen (secondary N) is 4. The lowest BCUT2D eigenvalue weighted by atomic mass is 9.85. The van der Waals surface area contributed by atoms with E-state index in [-0.39, 0.29) is 32.8 Å². The van der Waals surface area contributed by atoms with Gasteiger partial charge in [0.15, 0.2) is 0 Å². The van der Waals surface area contributed by atoms with Crippen LogP contribution in [0.2, 0.25) is 10.0 Å². The number of halogens is 2. The Morgan fingerprint density at radius 1 is 0.776 bits per heavy atom. The molecule has 0 aliphatic heterocycles. The molecular weight excluding hydrogens is 679 g/mol. The first-order chi connectivity index (χ1) is 23.7. The van der Waals surface area contributed by atoms with E-state index in [2.05, 4.69) is 56.7 Å². The van der Waals surface area contributed by atoms with Gasteiger partial charge in [0.2, 0.25) is 0 Å².